The summed E-state index contributed by atoms with van der Waals surface area (Å²) in [4.78, 5) is 2.29. The van der Waals surface area contributed by atoms with Gasteiger partial charge in [-0.15, -0.1) is 12.4 Å². The minimum atomic E-state index is 0. The lowest BCUT2D eigenvalue weighted by atomic mass is 9.79. The Morgan fingerprint density at radius 1 is 1.25 bits per heavy atom. The molecule has 0 saturated carbocycles. The van der Waals surface area contributed by atoms with Crippen LogP contribution in [0.1, 0.15) is 25.3 Å². The van der Waals surface area contributed by atoms with E-state index in [9.17, 15) is 0 Å². The van der Waals surface area contributed by atoms with Crippen molar-refractivity contribution in [2.75, 3.05) is 27.7 Å². The van der Waals surface area contributed by atoms with Crippen molar-refractivity contribution in [1.29, 1.82) is 0 Å². The molecule has 2 nitrogen and oxygen atoms in total. The topological polar surface area (TPSA) is 12.5 Å². The zero-order valence-corrected chi connectivity index (χ0v) is 13.7. The highest BCUT2D eigenvalue weighted by Crippen LogP contribution is 2.36. The van der Waals surface area contributed by atoms with Crippen LogP contribution in [0.2, 0.25) is 0 Å². The summed E-state index contributed by atoms with van der Waals surface area (Å²) < 4.78 is 5.35. The molecule has 0 N–H and O–H groups in total. The summed E-state index contributed by atoms with van der Waals surface area (Å²) in [5, 5.41) is 0. The van der Waals surface area contributed by atoms with Crippen LogP contribution in [0, 0.1) is 11.8 Å². The average molecular weight is 296 g/mol. The van der Waals surface area contributed by atoms with Crippen LogP contribution in [0.15, 0.2) is 30.3 Å². The maximum Gasteiger partial charge on any atom is 0.119 e. The van der Waals surface area contributed by atoms with Crippen molar-refractivity contribution >= 4 is 18.0 Å². The number of methoxy groups -OCH3 is 1. The first-order valence-corrected chi connectivity index (χ1v) is 7.11. The second-order valence-electron chi connectivity index (χ2n) is 5.87. The van der Waals surface area contributed by atoms with Gasteiger partial charge >= 0.3 is 0 Å². The molecule has 1 aromatic carbocycles. The molecule has 0 saturated heterocycles. The molecular weight excluding hydrogens is 270 g/mol. The van der Waals surface area contributed by atoms with Gasteiger partial charge in [0.15, 0.2) is 0 Å². The van der Waals surface area contributed by atoms with Crippen molar-refractivity contribution in [2.24, 2.45) is 11.8 Å². The number of allylic oxidation sites excluding steroid dienone is 1. The predicted octanol–water partition coefficient (Wildman–Crippen LogP) is 4.11. The minimum absolute atomic E-state index is 0. The van der Waals surface area contributed by atoms with E-state index in [1.54, 1.807) is 7.11 Å². The molecule has 0 aromatic heterocycles. The quantitative estimate of drug-likeness (QED) is 0.829. The number of benzene rings is 1. The second-order valence-corrected chi connectivity index (χ2v) is 5.87. The number of hydrogen-bond donors (Lipinski definition) is 0. The lowest BCUT2D eigenvalue weighted by molar-refractivity contribution is 0.336. The van der Waals surface area contributed by atoms with E-state index in [1.807, 2.05) is 6.07 Å². The van der Waals surface area contributed by atoms with E-state index in [0.717, 1.165) is 12.3 Å². The van der Waals surface area contributed by atoms with Gasteiger partial charge in [-0.05, 0) is 62.0 Å². The first-order chi connectivity index (χ1) is 9.10. The molecule has 0 bridgehead atoms. The van der Waals surface area contributed by atoms with E-state index >= 15 is 0 Å². The molecule has 0 amide bonds. The highest BCUT2D eigenvalue weighted by atomic mass is 35.5. The van der Waals surface area contributed by atoms with E-state index < -0.39 is 0 Å². The van der Waals surface area contributed by atoms with Crippen LogP contribution >= 0.6 is 12.4 Å². The fourth-order valence-corrected chi connectivity index (χ4v) is 2.91. The van der Waals surface area contributed by atoms with Crippen molar-refractivity contribution < 1.29 is 4.74 Å². The number of ether oxygens (including phenoxy) is 1. The molecule has 20 heavy (non-hydrogen) atoms. The van der Waals surface area contributed by atoms with Crippen molar-refractivity contribution in [3.8, 4) is 5.75 Å². The zero-order valence-electron chi connectivity index (χ0n) is 12.9. The Bertz CT molecular complexity index is 456. The number of nitrogens with zero attached hydrogens (tertiary/aromatic N) is 1. The molecule has 1 aliphatic rings. The number of rotatable bonds is 4. The smallest absolute Gasteiger partial charge is 0.119 e. The van der Waals surface area contributed by atoms with Gasteiger partial charge in [0, 0.05) is 6.54 Å². The van der Waals surface area contributed by atoms with Crippen molar-refractivity contribution in [3.05, 3.63) is 35.9 Å². The van der Waals surface area contributed by atoms with Gasteiger partial charge in [0.2, 0.25) is 0 Å². The molecule has 1 aromatic rings. The molecular formula is C17H26ClNO. The first kappa shape index (κ1) is 17.1. The lowest BCUT2D eigenvalue weighted by Crippen LogP contribution is -2.25. The first-order valence-electron chi connectivity index (χ1n) is 7.11. The summed E-state index contributed by atoms with van der Waals surface area (Å²) in [6.07, 6.45) is 5.03. The molecule has 0 fully saturated rings. The van der Waals surface area contributed by atoms with E-state index in [4.69, 9.17) is 4.74 Å². The molecule has 112 valence electrons. The van der Waals surface area contributed by atoms with Crippen LogP contribution in [0.4, 0.5) is 0 Å². The summed E-state index contributed by atoms with van der Waals surface area (Å²) in [5.74, 6) is 2.26. The van der Waals surface area contributed by atoms with Crippen LogP contribution in [-0.4, -0.2) is 32.6 Å². The molecule has 0 aliphatic heterocycles. The minimum Gasteiger partial charge on any atom is -0.497 e. The molecule has 2 atom stereocenters. The van der Waals surface area contributed by atoms with Gasteiger partial charge in [-0.1, -0.05) is 25.1 Å². The largest absolute Gasteiger partial charge is 0.497 e. The Labute approximate surface area is 129 Å². The molecule has 0 radical (unpaired) electrons. The second kappa shape index (κ2) is 7.70. The average Bonchev–Trinajstić information content (AvgIpc) is 2.40. The van der Waals surface area contributed by atoms with Gasteiger partial charge in [0.1, 0.15) is 5.75 Å². The van der Waals surface area contributed by atoms with Crippen LogP contribution in [0.3, 0.4) is 0 Å². The summed E-state index contributed by atoms with van der Waals surface area (Å²) in [6.45, 7) is 3.43. The normalized spacial score (nSPS) is 22.1. The van der Waals surface area contributed by atoms with Gasteiger partial charge < -0.3 is 9.64 Å². The Morgan fingerprint density at radius 3 is 2.65 bits per heavy atom. The number of halogens is 1. The highest BCUT2D eigenvalue weighted by molar-refractivity contribution is 5.85. The van der Waals surface area contributed by atoms with Crippen LogP contribution < -0.4 is 4.74 Å². The van der Waals surface area contributed by atoms with Crippen LogP contribution in [-0.2, 0) is 0 Å². The Hall–Kier alpha value is -0.990. The van der Waals surface area contributed by atoms with Crippen LogP contribution in [0.25, 0.3) is 5.57 Å². The summed E-state index contributed by atoms with van der Waals surface area (Å²) in [5.41, 5.74) is 2.81. The third-order valence-corrected chi connectivity index (χ3v) is 3.86. The van der Waals surface area contributed by atoms with Crippen molar-refractivity contribution in [1.82, 2.24) is 4.90 Å². The van der Waals surface area contributed by atoms with Gasteiger partial charge in [-0.2, -0.15) is 0 Å². The fraction of sp³-hybridized carbons (Fsp3) is 0.529. The SMILES string of the molecule is COc1cccc(C2=C[C@H](C)CC[C@@H]2CN(C)C)c1.Cl. The van der Waals surface area contributed by atoms with Gasteiger partial charge in [0.25, 0.3) is 0 Å². The molecule has 3 heteroatoms. The van der Waals surface area contributed by atoms with Crippen molar-refractivity contribution in [2.45, 2.75) is 19.8 Å². The Kier molecular flexibility index (Phi) is 6.57. The summed E-state index contributed by atoms with van der Waals surface area (Å²) in [7, 11) is 6.04. The number of hydrogen-bond acceptors (Lipinski definition) is 2. The van der Waals surface area contributed by atoms with Gasteiger partial charge in [-0.25, -0.2) is 0 Å². The molecule has 0 heterocycles. The lowest BCUT2D eigenvalue weighted by Gasteiger charge is -2.30. The Balaban J connectivity index is 0.00000200. The van der Waals surface area contributed by atoms with Gasteiger partial charge in [0.05, 0.1) is 7.11 Å². The van der Waals surface area contributed by atoms with E-state index in [1.165, 1.54) is 24.0 Å². The standard InChI is InChI=1S/C17H25NO.ClH/c1-13-8-9-15(12-18(2)3)17(10-13)14-6-5-7-16(11-14)19-4;/h5-7,10-11,13,15H,8-9,12H2,1-4H3;1H/t13-,15-;/m1./s1. The molecule has 0 spiro atoms. The van der Waals surface area contributed by atoms with Crippen LogP contribution in [0.5, 0.6) is 5.75 Å². The summed E-state index contributed by atoms with van der Waals surface area (Å²) >= 11 is 0. The predicted molar refractivity (Wildman–Crippen MR) is 88.7 cm³/mol. The van der Waals surface area contributed by atoms with E-state index in [2.05, 4.69) is 50.2 Å². The van der Waals surface area contributed by atoms with Gasteiger partial charge in [-0.3, -0.25) is 0 Å². The molecule has 0 unspecified atom stereocenters. The summed E-state index contributed by atoms with van der Waals surface area (Å²) in [6, 6.07) is 8.46. The zero-order chi connectivity index (χ0) is 13.8. The maximum atomic E-state index is 5.35. The van der Waals surface area contributed by atoms with E-state index in [0.29, 0.717) is 11.8 Å². The monoisotopic (exact) mass is 295 g/mol. The van der Waals surface area contributed by atoms with E-state index in [-0.39, 0.29) is 12.4 Å². The third kappa shape index (κ3) is 4.26. The third-order valence-electron chi connectivity index (χ3n) is 3.86. The fourth-order valence-electron chi connectivity index (χ4n) is 2.91. The molecule has 2 rings (SSSR count). The maximum absolute atomic E-state index is 5.35. The molecule has 1 aliphatic carbocycles. The highest BCUT2D eigenvalue weighted by Gasteiger charge is 2.22. The van der Waals surface area contributed by atoms with Crippen molar-refractivity contribution in [3.63, 3.8) is 0 Å². The Morgan fingerprint density at radius 2 is 2.00 bits per heavy atom.